The lowest BCUT2D eigenvalue weighted by Gasteiger charge is -2.33. The van der Waals surface area contributed by atoms with Gasteiger partial charge in [0.1, 0.15) is 0 Å². The zero-order chi connectivity index (χ0) is 13.8. The fourth-order valence-corrected chi connectivity index (χ4v) is 3.78. The zero-order valence-corrected chi connectivity index (χ0v) is 12.7. The Balaban J connectivity index is 1.77. The first-order valence-electron chi connectivity index (χ1n) is 8.39. The van der Waals surface area contributed by atoms with E-state index >= 15 is 0 Å². The third-order valence-electron chi connectivity index (χ3n) is 5.35. The number of aromatic nitrogens is 2. The highest BCUT2D eigenvalue weighted by atomic mass is 16.5. The second kappa shape index (κ2) is 6.25. The number of piperidine rings is 1. The first-order valence-corrected chi connectivity index (χ1v) is 8.39. The summed E-state index contributed by atoms with van der Waals surface area (Å²) >= 11 is 0. The standard InChI is InChI=1S/C16H27N3O/c1-2-16(9-11-17-12-10-16)15-18-14(19-20-15)13-7-5-3-4-6-8-13/h13,17H,2-12H2,1H3. The molecule has 1 saturated heterocycles. The smallest absolute Gasteiger partial charge is 0.232 e. The van der Waals surface area contributed by atoms with Crippen molar-refractivity contribution in [3.8, 4) is 0 Å². The van der Waals surface area contributed by atoms with Gasteiger partial charge in [0.15, 0.2) is 5.82 Å². The van der Waals surface area contributed by atoms with Crippen LogP contribution in [0.4, 0.5) is 0 Å². The van der Waals surface area contributed by atoms with Gasteiger partial charge in [-0.1, -0.05) is 37.8 Å². The number of hydrogen-bond donors (Lipinski definition) is 1. The van der Waals surface area contributed by atoms with Gasteiger partial charge in [-0.05, 0) is 45.2 Å². The number of nitrogens with one attached hydrogen (secondary N) is 1. The molecule has 4 heteroatoms. The lowest BCUT2D eigenvalue weighted by atomic mass is 9.76. The van der Waals surface area contributed by atoms with Crippen molar-refractivity contribution in [2.45, 2.75) is 76.0 Å². The molecule has 2 aliphatic rings. The summed E-state index contributed by atoms with van der Waals surface area (Å²) in [5, 5.41) is 7.78. The van der Waals surface area contributed by atoms with Crippen LogP contribution in [-0.2, 0) is 5.41 Å². The molecule has 1 N–H and O–H groups in total. The first-order chi connectivity index (χ1) is 9.84. The highest BCUT2D eigenvalue weighted by molar-refractivity contribution is 5.09. The van der Waals surface area contributed by atoms with Gasteiger partial charge in [0.25, 0.3) is 0 Å². The molecule has 0 unspecified atom stereocenters. The van der Waals surface area contributed by atoms with Crippen molar-refractivity contribution in [1.82, 2.24) is 15.5 Å². The van der Waals surface area contributed by atoms with Crippen molar-refractivity contribution in [1.29, 1.82) is 0 Å². The van der Waals surface area contributed by atoms with E-state index in [2.05, 4.69) is 17.4 Å². The molecular formula is C16H27N3O. The topological polar surface area (TPSA) is 51.0 Å². The summed E-state index contributed by atoms with van der Waals surface area (Å²) in [5.74, 6) is 2.42. The predicted molar refractivity (Wildman–Crippen MR) is 78.8 cm³/mol. The van der Waals surface area contributed by atoms with Crippen LogP contribution >= 0.6 is 0 Å². The maximum absolute atomic E-state index is 5.70. The third kappa shape index (κ3) is 2.76. The van der Waals surface area contributed by atoms with Crippen LogP contribution in [0, 0.1) is 0 Å². The minimum atomic E-state index is 0.126. The van der Waals surface area contributed by atoms with Gasteiger partial charge in [-0.15, -0.1) is 0 Å². The van der Waals surface area contributed by atoms with Crippen molar-refractivity contribution in [2.75, 3.05) is 13.1 Å². The van der Waals surface area contributed by atoms with Gasteiger partial charge in [-0.25, -0.2) is 0 Å². The summed E-state index contributed by atoms with van der Waals surface area (Å²) in [5.41, 5.74) is 0.126. The normalized spacial score (nSPS) is 24.4. The maximum Gasteiger partial charge on any atom is 0.232 e. The molecule has 1 aliphatic carbocycles. The molecule has 2 fully saturated rings. The van der Waals surface area contributed by atoms with Gasteiger partial charge < -0.3 is 9.84 Å². The van der Waals surface area contributed by atoms with Crippen LogP contribution in [0.1, 0.15) is 82.3 Å². The van der Waals surface area contributed by atoms with Crippen molar-refractivity contribution >= 4 is 0 Å². The minimum Gasteiger partial charge on any atom is -0.339 e. The maximum atomic E-state index is 5.70. The molecule has 0 spiro atoms. The summed E-state index contributed by atoms with van der Waals surface area (Å²) in [6.07, 6.45) is 11.2. The van der Waals surface area contributed by atoms with Gasteiger partial charge >= 0.3 is 0 Å². The van der Waals surface area contributed by atoms with E-state index in [4.69, 9.17) is 9.51 Å². The van der Waals surface area contributed by atoms with E-state index in [1.54, 1.807) is 0 Å². The Hall–Kier alpha value is -0.900. The molecule has 0 bridgehead atoms. The van der Waals surface area contributed by atoms with E-state index in [-0.39, 0.29) is 5.41 Å². The molecule has 2 heterocycles. The van der Waals surface area contributed by atoms with Crippen LogP contribution in [-0.4, -0.2) is 23.2 Å². The summed E-state index contributed by atoms with van der Waals surface area (Å²) in [7, 11) is 0. The number of nitrogens with zero attached hydrogens (tertiary/aromatic N) is 2. The van der Waals surface area contributed by atoms with Crippen molar-refractivity contribution in [2.24, 2.45) is 0 Å². The molecule has 0 atom stereocenters. The van der Waals surface area contributed by atoms with Gasteiger partial charge in [0.05, 0.1) is 5.41 Å². The Morgan fingerprint density at radius 2 is 1.85 bits per heavy atom. The zero-order valence-electron chi connectivity index (χ0n) is 12.7. The van der Waals surface area contributed by atoms with E-state index in [0.717, 1.165) is 44.1 Å². The van der Waals surface area contributed by atoms with E-state index in [9.17, 15) is 0 Å². The van der Waals surface area contributed by atoms with Crippen molar-refractivity contribution in [3.63, 3.8) is 0 Å². The Bertz CT molecular complexity index is 415. The van der Waals surface area contributed by atoms with Gasteiger partial charge in [-0.2, -0.15) is 4.98 Å². The van der Waals surface area contributed by atoms with Crippen LogP contribution in [0.15, 0.2) is 4.52 Å². The Labute approximate surface area is 121 Å². The fourth-order valence-electron chi connectivity index (χ4n) is 3.78. The van der Waals surface area contributed by atoms with Crippen molar-refractivity contribution < 1.29 is 4.52 Å². The molecule has 1 aliphatic heterocycles. The second-order valence-corrected chi connectivity index (χ2v) is 6.53. The number of hydrogen-bond acceptors (Lipinski definition) is 4. The molecule has 4 nitrogen and oxygen atoms in total. The average molecular weight is 277 g/mol. The Morgan fingerprint density at radius 3 is 2.50 bits per heavy atom. The van der Waals surface area contributed by atoms with Crippen LogP contribution in [0.5, 0.6) is 0 Å². The molecule has 1 saturated carbocycles. The summed E-state index contributed by atoms with van der Waals surface area (Å²) in [6.45, 7) is 4.38. The third-order valence-corrected chi connectivity index (χ3v) is 5.35. The van der Waals surface area contributed by atoms with E-state index in [0.29, 0.717) is 5.92 Å². The monoisotopic (exact) mass is 277 g/mol. The highest BCUT2D eigenvalue weighted by Crippen LogP contribution is 2.37. The molecule has 0 radical (unpaired) electrons. The van der Waals surface area contributed by atoms with Crippen LogP contribution < -0.4 is 5.32 Å². The molecule has 112 valence electrons. The summed E-state index contributed by atoms with van der Waals surface area (Å²) in [6, 6.07) is 0. The molecule has 1 aromatic rings. The van der Waals surface area contributed by atoms with Gasteiger partial charge in [0.2, 0.25) is 5.89 Å². The Kier molecular flexibility index (Phi) is 4.39. The van der Waals surface area contributed by atoms with E-state index in [1.807, 2.05) is 0 Å². The second-order valence-electron chi connectivity index (χ2n) is 6.53. The number of rotatable bonds is 3. The Morgan fingerprint density at radius 1 is 1.15 bits per heavy atom. The van der Waals surface area contributed by atoms with Gasteiger partial charge in [-0.3, -0.25) is 0 Å². The SMILES string of the molecule is CCC1(c2nc(C3CCCCCC3)no2)CCNCC1. The van der Waals surface area contributed by atoms with E-state index < -0.39 is 0 Å². The average Bonchev–Trinajstić information content (AvgIpc) is 2.85. The highest BCUT2D eigenvalue weighted by Gasteiger charge is 2.38. The van der Waals surface area contributed by atoms with Gasteiger partial charge in [0, 0.05) is 5.92 Å². The molecule has 3 rings (SSSR count). The molecular weight excluding hydrogens is 250 g/mol. The lowest BCUT2D eigenvalue weighted by Crippen LogP contribution is -2.39. The van der Waals surface area contributed by atoms with Crippen molar-refractivity contribution in [3.05, 3.63) is 11.7 Å². The van der Waals surface area contributed by atoms with E-state index in [1.165, 1.54) is 38.5 Å². The minimum absolute atomic E-state index is 0.126. The molecule has 0 amide bonds. The molecule has 20 heavy (non-hydrogen) atoms. The van der Waals surface area contributed by atoms with Crippen LogP contribution in [0.2, 0.25) is 0 Å². The first kappa shape index (κ1) is 14.1. The quantitative estimate of drug-likeness (QED) is 0.859. The predicted octanol–water partition coefficient (Wildman–Crippen LogP) is 3.54. The lowest BCUT2D eigenvalue weighted by molar-refractivity contribution is 0.215. The summed E-state index contributed by atoms with van der Waals surface area (Å²) in [4.78, 5) is 4.84. The van der Waals surface area contributed by atoms with Crippen LogP contribution in [0.25, 0.3) is 0 Å². The summed E-state index contributed by atoms with van der Waals surface area (Å²) < 4.78 is 5.70. The fraction of sp³-hybridized carbons (Fsp3) is 0.875. The molecule has 0 aromatic carbocycles. The largest absolute Gasteiger partial charge is 0.339 e. The van der Waals surface area contributed by atoms with Crippen LogP contribution in [0.3, 0.4) is 0 Å². The molecule has 1 aromatic heterocycles.